The van der Waals surface area contributed by atoms with Gasteiger partial charge in [-0.3, -0.25) is 0 Å². The molecule has 0 N–H and O–H groups in total. The van der Waals surface area contributed by atoms with E-state index >= 15 is 0 Å². The lowest BCUT2D eigenvalue weighted by atomic mass is 9.92. The van der Waals surface area contributed by atoms with Crippen LogP contribution in [-0.2, 0) is 0 Å². The van der Waals surface area contributed by atoms with E-state index in [0.717, 1.165) is 12.1 Å². The van der Waals surface area contributed by atoms with Crippen LogP contribution in [0.25, 0.3) is 0 Å². The summed E-state index contributed by atoms with van der Waals surface area (Å²) in [6, 6.07) is 1.49. The van der Waals surface area contributed by atoms with Crippen LogP contribution in [0.5, 0.6) is 0 Å². The van der Waals surface area contributed by atoms with Crippen LogP contribution in [0.1, 0.15) is 51.4 Å². The first-order chi connectivity index (χ1) is 7.79. The highest BCUT2D eigenvalue weighted by atomic mass is 15.1. The molecule has 0 aromatic heterocycles. The van der Waals surface area contributed by atoms with Gasteiger partial charge in [-0.2, -0.15) is 0 Å². The van der Waals surface area contributed by atoms with Crippen molar-refractivity contribution in [2.75, 3.05) is 14.1 Å². The molecule has 1 fully saturated rings. The fraction of sp³-hybridized carbons (Fsp3) is 0.857. The Kier molecular flexibility index (Phi) is 4.14. The normalized spacial score (nSPS) is 32.4. The summed E-state index contributed by atoms with van der Waals surface area (Å²) >= 11 is 0. The van der Waals surface area contributed by atoms with E-state index in [2.05, 4.69) is 35.7 Å². The lowest BCUT2D eigenvalue weighted by molar-refractivity contribution is -0.639. The van der Waals surface area contributed by atoms with Gasteiger partial charge in [-0.25, -0.2) is 9.15 Å². The molecule has 2 nitrogen and oxygen atoms in total. The third kappa shape index (κ3) is 2.72. The minimum atomic E-state index is 0.744. The van der Waals surface area contributed by atoms with Gasteiger partial charge >= 0.3 is 0 Å². The zero-order chi connectivity index (χ0) is 11.4. The highest BCUT2D eigenvalue weighted by molar-refractivity contribution is 6.11. The second-order valence-electron chi connectivity index (χ2n) is 5.46. The average Bonchev–Trinajstić information content (AvgIpc) is 2.30. The summed E-state index contributed by atoms with van der Waals surface area (Å²) in [5.74, 6) is 0. The van der Waals surface area contributed by atoms with E-state index in [0.29, 0.717) is 0 Å². The van der Waals surface area contributed by atoms with E-state index in [-0.39, 0.29) is 0 Å². The largest absolute Gasteiger partial charge is 0.227 e. The highest BCUT2D eigenvalue weighted by Gasteiger charge is 2.37. The lowest BCUT2D eigenvalue weighted by Crippen LogP contribution is -2.46. The maximum atomic E-state index is 2.44. The van der Waals surface area contributed by atoms with Crippen molar-refractivity contribution in [2.24, 2.45) is 0 Å². The van der Waals surface area contributed by atoms with Crippen molar-refractivity contribution in [2.45, 2.75) is 63.5 Å². The molecule has 0 spiro atoms. The summed E-state index contributed by atoms with van der Waals surface area (Å²) in [6.45, 7) is 0. The Morgan fingerprint density at radius 3 is 1.50 bits per heavy atom. The van der Waals surface area contributed by atoms with E-state index < -0.39 is 0 Å². The van der Waals surface area contributed by atoms with Gasteiger partial charge in [0.05, 0.1) is 0 Å². The van der Waals surface area contributed by atoms with E-state index in [9.17, 15) is 0 Å². The van der Waals surface area contributed by atoms with Crippen molar-refractivity contribution in [1.82, 2.24) is 0 Å². The second kappa shape index (κ2) is 5.60. The first kappa shape index (κ1) is 11.8. The molecule has 2 aliphatic rings. The molecule has 2 rings (SSSR count). The van der Waals surface area contributed by atoms with E-state index in [1.54, 1.807) is 0 Å². The van der Waals surface area contributed by atoms with Gasteiger partial charge in [0.15, 0.2) is 0 Å². The second-order valence-corrected chi connectivity index (χ2v) is 5.46. The van der Waals surface area contributed by atoms with E-state index in [1.165, 1.54) is 51.4 Å². The van der Waals surface area contributed by atoms with Crippen LogP contribution in [0.4, 0.5) is 0 Å². The summed E-state index contributed by atoms with van der Waals surface area (Å²) in [5, 5.41) is 0. The molecule has 2 heteroatoms. The van der Waals surface area contributed by atoms with Crippen LogP contribution in [0.2, 0.25) is 0 Å². The molecular weight excluding hydrogens is 196 g/mol. The molecule has 0 saturated heterocycles. The first-order valence-electron chi connectivity index (χ1n) is 6.91. The Morgan fingerprint density at radius 1 is 0.688 bits per heavy atom. The molecule has 1 aliphatic carbocycles. The van der Waals surface area contributed by atoms with E-state index in [4.69, 9.17) is 0 Å². The minimum absolute atomic E-state index is 0.744. The Hall–Kier alpha value is -0.660. The van der Waals surface area contributed by atoms with Gasteiger partial charge < -0.3 is 0 Å². The number of rotatable bonds is 0. The molecule has 0 amide bonds. The molecule has 0 radical (unpaired) electrons. The van der Waals surface area contributed by atoms with Crippen LogP contribution in [0, 0.1) is 0 Å². The van der Waals surface area contributed by atoms with Gasteiger partial charge in [0.1, 0.15) is 14.1 Å². The molecule has 16 heavy (non-hydrogen) atoms. The third-order valence-corrected chi connectivity index (χ3v) is 4.28. The predicted molar refractivity (Wildman–Crippen MR) is 69.0 cm³/mol. The highest BCUT2D eigenvalue weighted by Crippen LogP contribution is 2.21. The predicted octanol–water partition coefficient (Wildman–Crippen LogP) is 2.30. The molecule has 2 unspecified atom stereocenters. The fourth-order valence-electron chi connectivity index (χ4n) is 3.18. The number of hydrogen-bond acceptors (Lipinski definition) is 0. The first-order valence-corrected chi connectivity index (χ1v) is 6.91. The van der Waals surface area contributed by atoms with Crippen LogP contribution in [0.15, 0.2) is 0 Å². The minimum Gasteiger partial charge on any atom is -0.224 e. The summed E-state index contributed by atoms with van der Waals surface area (Å²) in [4.78, 5) is 0. The standard InChI is InChI=1S/C14H26N2/c1-15-11-12-16(2)14-10-8-6-4-3-5-7-9-13(14)15/h11-14H,3-10H2,1-2H3/q+2. The molecule has 1 saturated carbocycles. The molecule has 0 aromatic carbocycles. The molecule has 0 aromatic rings. The van der Waals surface area contributed by atoms with Crippen molar-refractivity contribution in [3.8, 4) is 0 Å². The number of nitrogens with zero attached hydrogens (tertiary/aromatic N) is 2. The van der Waals surface area contributed by atoms with Gasteiger partial charge in [-0.15, -0.1) is 0 Å². The molecule has 90 valence electrons. The van der Waals surface area contributed by atoms with Gasteiger partial charge in [0.2, 0.25) is 24.5 Å². The van der Waals surface area contributed by atoms with Crippen LogP contribution in [0.3, 0.4) is 0 Å². The molecule has 0 bridgehead atoms. The van der Waals surface area contributed by atoms with Crippen molar-refractivity contribution >= 4 is 12.4 Å². The van der Waals surface area contributed by atoms with Gasteiger partial charge in [-0.1, -0.05) is 25.7 Å². The van der Waals surface area contributed by atoms with Crippen LogP contribution < -0.4 is 0 Å². The van der Waals surface area contributed by atoms with Crippen molar-refractivity contribution < 1.29 is 9.15 Å². The number of likely N-dealkylation sites (N-methyl/N-ethyl adjacent to an activating group) is 2. The molecule has 1 heterocycles. The van der Waals surface area contributed by atoms with Crippen molar-refractivity contribution in [3.05, 3.63) is 0 Å². The smallest absolute Gasteiger partial charge is 0.224 e. The maximum absolute atomic E-state index is 2.44. The third-order valence-electron chi connectivity index (χ3n) is 4.28. The zero-order valence-corrected chi connectivity index (χ0v) is 10.9. The molecule has 2 atom stereocenters. The Labute approximate surface area is 99.7 Å². The summed E-state index contributed by atoms with van der Waals surface area (Å²) in [7, 11) is 4.49. The summed E-state index contributed by atoms with van der Waals surface area (Å²) < 4.78 is 4.87. The maximum Gasteiger partial charge on any atom is 0.227 e. The monoisotopic (exact) mass is 222 g/mol. The number of fused-ring (bicyclic) bond motifs is 1. The molecule has 1 aliphatic heterocycles. The summed E-state index contributed by atoms with van der Waals surface area (Å²) in [5.41, 5.74) is 0. The van der Waals surface area contributed by atoms with Gasteiger partial charge in [-0.05, 0) is 12.8 Å². The van der Waals surface area contributed by atoms with E-state index in [1.807, 2.05) is 0 Å². The Balaban J connectivity index is 2.08. The quantitative estimate of drug-likeness (QED) is 0.555. The van der Waals surface area contributed by atoms with Gasteiger partial charge in [0, 0.05) is 12.8 Å². The van der Waals surface area contributed by atoms with Crippen LogP contribution >= 0.6 is 0 Å². The van der Waals surface area contributed by atoms with Gasteiger partial charge in [0.25, 0.3) is 0 Å². The SMILES string of the molecule is C[N+]1=CC=[N+](C)C2CCCCCCCCC21. The van der Waals surface area contributed by atoms with Crippen molar-refractivity contribution in [1.29, 1.82) is 0 Å². The zero-order valence-electron chi connectivity index (χ0n) is 10.9. The van der Waals surface area contributed by atoms with Crippen molar-refractivity contribution in [3.63, 3.8) is 0 Å². The molecular formula is C14H26N2+2. The average molecular weight is 222 g/mol. The Morgan fingerprint density at radius 2 is 1.06 bits per heavy atom. The lowest BCUT2D eigenvalue weighted by Gasteiger charge is -2.23. The Bertz CT molecular complexity index is 261. The number of hydrogen-bond donors (Lipinski definition) is 0. The van der Waals surface area contributed by atoms with Crippen LogP contribution in [-0.4, -0.2) is 47.8 Å². The fourth-order valence-corrected chi connectivity index (χ4v) is 3.18. The topological polar surface area (TPSA) is 6.02 Å². The summed E-state index contributed by atoms with van der Waals surface area (Å²) in [6.07, 6.45) is 15.8.